The minimum absolute atomic E-state index is 0.777. The average Bonchev–Trinajstić information content (AvgIpc) is 2.75. The van der Waals surface area contributed by atoms with Crippen molar-refractivity contribution in [3.63, 3.8) is 0 Å². The van der Waals surface area contributed by atoms with E-state index in [1.807, 2.05) is 30.3 Å². The van der Waals surface area contributed by atoms with Gasteiger partial charge in [0.2, 0.25) is 0 Å². The van der Waals surface area contributed by atoms with Crippen LogP contribution < -0.4 is 5.46 Å². The van der Waals surface area contributed by atoms with Crippen LogP contribution in [0.25, 0.3) is 33.4 Å². The van der Waals surface area contributed by atoms with Gasteiger partial charge in [0.15, 0.2) is 0 Å². The summed E-state index contributed by atoms with van der Waals surface area (Å²) in [6.45, 7) is 0. The lowest BCUT2D eigenvalue weighted by molar-refractivity contribution is 0.615. The highest BCUT2D eigenvalue weighted by molar-refractivity contribution is 9.10. The molecule has 0 spiro atoms. The molecule has 0 aliphatic carbocycles. The Hall–Kier alpha value is -2.62. The maximum absolute atomic E-state index is 9.44. The Morgan fingerprint density at radius 3 is 1.89 bits per heavy atom. The highest BCUT2D eigenvalue weighted by atomic mass is 79.9. The normalized spacial score (nSPS) is 10.6. The van der Waals surface area contributed by atoms with E-state index in [1.165, 1.54) is 11.1 Å². The van der Waals surface area contributed by atoms with Crippen molar-refractivity contribution in [1.82, 2.24) is 0 Å². The van der Waals surface area contributed by atoms with Gasteiger partial charge in [0.1, 0.15) is 0 Å². The molecule has 0 fully saturated rings. The van der Waals surface area contributed by atoms with Gasteiger partial charge in [-0.3, -0.25) is 0 Å². The van der Waals surface area contributed by atoms with Crippen LogP contribution in [0.4, 0.5) is 0 Å². The van der Waals surface area contributed by atoms with Crippen molar-refractivity contribution < 1.29 is 5.02 Å². The van der Waals surface area contributed by atoms with Crippen molar-refractivity contribution in [3.05, 3.63) is 102 Å². The van der Waals surface area contributed by atoms with Crippen LogP contribution in [0, 0.1) is 0 Å². The lowest BCUT2D eigenvalue weighted by atomic mass is 9.84. The van der Waals surface area contributed by atoms with Crippen LogP contribution in [0.1, 0.15) is 0 Å². The number of hydrogen-bond donors (Lipinski definition) is 1. The molecule has 1 radical (unpaired) electrons. The number of hydrogen-bond acceptors (Lipinski definition) is 1. The standard InChI is InChI=1S/C24H17BBrO/c26-24-14-12-20(25-27)16-23(24)21-13-11-19(17-7-3-1-4-8-17)15-22(21)18-9-5-2-6-10-18/h1-16,27H. The molecule has 0 saturated heterocycles. The first-order valence-corrected chi connectivity index (χ1v) is 9.58. The Labute approximate surface area is 168 Å². The minimum Gasteiger partial charge on any atom is -0.450 e. The smallest absolute Gasteiger partial charge is 0.326 e. The molecule has 0 aliphatic rings. The van der Waals surface area contributed by atoms with E-state index in [1.54, 1.807) is 0 Å². The fraction of sp³-hybridized carbons (Fsp3) is 0. The van der Waals surface area contributed by atoms with Gasteiger partial charge in [0.05, 0.1) is 0 Å². The Morgan fingerprint density at radius 2 is 1.22 bits per heavy atom. The van der Waals surface area contributed by atoms with E-state index < -0.39 is 0 Å². The molecule has 0 amide bonds. The molecule has 3 heteroatoms. The van der Waals surface area contributed by atoms with E-state index >= 15 is 0 Å². The van der Waals surface area contributed by atoms with Crippen molar-refractivity contribution >= 4 is 28.9 Å². The first-order chi connectivity index (χ1) is 13.3. The zero-order chi connectivity index (χ0) is 18.6. The second kappa shape index (κ2) is 7.95. The maximum Gasteiger partial charge on any atom is 0.326 e. The van der Waals surface area contributed by atoms with Crippen molar-refractivity contribution in [2.24, 2.45) is 0 Å². The molecule has 4 aromatic carbocycles. The third-order valence-electron chi connectivity index (χ3n) is 4.64. The van der Waals surface area contributed by atoms with Gasteiger partial charge < -0.3 is 5.02 Å². The molecule has 0 aliphatic heterocycles. The Kier molecular flexibility index (Phi) is 5.24. The summed E-state index contributed by atoms with van der Waals surface area (Å²) in [5.74, 6) is 0. The quantitative estimate of drug-likeness (QED) is 0.428. The van der Waals surface area contributed by atoms with Crippen LogP contribution in [-0.4, -0.2) is 12.5 Å². The van der Waals surface area contributed by atoms with Crippen LogP contribution in [0.3, 0.4) is 0 Å². The van der Waals surface area contributed by atoms with Crippen molar-refractivity contribution in [2.75, 3.05) is 0 Å². The Morgan fingerprint density at radius 1 is 0.556 bits per heavy atom. The zero-order valence-electron chi connectivity index (χ0n) is 14.6. The molecule has 1 nitrogen and oxygen atoms in total. The van der Waals surface area contributed by atoms with Crippen LogP contribution in [0.5, 0.6) is 0 Å². The molecule has 4 aromatic rings. The van der Waals surface area contributed by atoms with Crippen LogP contribution in [0.2, 0.25) is 0 Å². The van der Waals surface area contributed by atoms with E-state index in [2.05, 4.69) is 82.7 Å². The summed E-state index contributed by atoms with van der Waals surface area (Å²) in [6, 6.07) is 33.2. The third kappa shape index (κ3) is 3.75. The van der Waals surface area contributed by atoms with E-state index in [4.69, 9.17) is 0 Å². The third-order valence-corrected chi connectivity index (χ3v) is 5.33. The Bertz CT molecular complexity index is 1060. The summed E-state index contributed by atoms with van der Waals surface area (Å²) >= 11 is 3.67. The Balaban J connectivity index is 1.94. The summed E-state index contributed by atoms with van der Waals surface area (Å²) in [4.78, 5) is 0. The predicted octanol–water partition coefficient (Wildman–Crippen LogP) is 5.69. The minimum atomic E-state index is 0.777. The summed E-state index contributed by atoms with van der Waals surface area (Å²) in [5, 5.41) is 9.44. The molecule has 0 atom stereocenters. The van der Waals surface area contributed by atoms with E-state index in [9.17, 15) is 5.02 Å². The highest BCUT2D eigenvalue weighted by Gasteiger charge is 2.13. The van der Waals surface area contributed by atoms with Gasteiger partial charge in [-0.05, 0) is 45.5 Å². The van der Waals surface area contributed by atoms with Crippen LogP contribution >= 0.6 is 15.9 Å². The summed E-state index contributed by atoms with van der Waals surface area (Å²) in [7, 11) is 1.14. The number of halogens is 1. The van der Waals surface area contributed by atoms with Crippen molar-refractivity contribution in [2.45, 2.75) is 0 Å². The molecular weight excluding hydrogens is 395 g/mol. The van der Waals surface area contributed by atoms with E-state index in [0.717, 1.165) is 39.7 Å². The highest BCUT2D eigenvalue weighted by Crippen LogP contribution is 2.38. The van der Waals surface area contributed by atoms with E-state index in [0.29, 0.717) is 0 Å². The fourth-order valence-electron chi connectivity index (χ4n) is 3.28. The molecule has 1 N–H and O–H groups in total. The van der Waals surface area contributed by atoms with Crippen LogP contribution in [-0.2, 0) is 0 Å². The fourth-order valence-corrected chi connectivity index (χ4v) is 3.74. The van der Waals surface area contributed by atoms with Crippen molar-refractivity contribution in [1.29, 1.82) is 0 Å². The summed E-state index contributed by atoms with van der Waals surface area (Å²) in [5.41, 5.74) is 7.65. The first kappa shape index (κ1) is 17.8. The van der Waals surface area contributed by atoms with Crippen molar-refractivity contribution in [3.8, 4) is 33.4 Å². The zero-order valence-corrected chi connectivity index (χ0v) is 16.2. The van der Waals surface area contributed by atoms with Gasteiger partial charge in [-0.1, -0.05) is 106 Å². The van der Waals surface area contributed by atoms with Gasteiger partial charge in [-0.2, -0.15) is 0 Å². The lowest BCUT2D eigenvalue weighted by Gasteiger charge is -2.15. The molecule has 0 aromatic heterocycles. The van der Waals surface area contributed by atoms with E-state index in [-0.39, 0.29) is 0 Å². The molecule has 129 valence electrons. The largest absolute Gasteiger partial charge is 0.450 e. The molecule has 0 saturated carbocycles. The monoisotopic (exact) mass is 411 g/mol. The molecule has 0 bridgehead atoms. The topological polar surface area (TPSA) is 20.2 Å². The molecule has 0 unspecified atom stereocenters. The number of rotatable bonds is 4. The van der Waals surface area contributed by atoms with Gasteiger partial charge in [-0.25, -0.2) is 0 Å². The van der Waals surface area contributed by atoms with Gasteiger partial charge in [0.25, 0.3) is 0 Å². The second-order valence-corrected chi connectivity index (χ2v) is 7.22. The average molecular weight is 412 g/mol. The second-order valence-electron chi connectivity index (χ2n) is 6.36. The van der Waals surface area contributed by atoms with Gasteiger partial charge in [-0.15, -0.1) is 0 Å². The lowest BCUT2D eigenvalue weighted by Crippen LogP contribution is -2.13. The van der Waals surface area contributed by atoms with Gasteiger partial charge >= 0.3 is 7.48 Å². The molecule has 0 heterocycles. The summed E-state index contributed by atoms with van der Waals surface area (Å²) < 4.78 is 0.998. The number of benzene rings is 4. The molecular formula is C24H17BBrO. The SMILES string of the molecule is O[B]c1ccc(Br)c(-c2ccc(-c3ccccc3)cc2-c2ccccc2)c1. The predicted molar refractivity (Wildman–Crippen MR) is 118 cm³/mol. The molecule has 27 heavy (non-hydrogen) atoms. The summed E-state index contributed by atoms with van der Waals surface area (Å²) in [6.07, 6.45) is 0. The molecule has 4 rings (SSSR count). The van der Waals surface area contributed by atoms with Gasteiger partial charge in [0, 0.05) is 4.47 Å². The first-order valence-electron chi connectivity index (χ1n) is 8.78. The van der Waals surface area contributed by atoms with Crippen LogP contribution in [0.15, 0.2) is 102 Å². The maximum atomic E-state index is 9.44.